The zero-order valence-corrected chi connectivity index (χ0v) is 17.3. The van der Waals surface area contributed by atoms with E-state index in [0.29, 0.717) is 19.0 Å². The van der Waals surface area contributed by atoms with E-state index in [1.54, 1.807) is 0 Å². The fraction of sp³-hybridized carbons (Fsp3) is 0.400. The molecule has 2 aromatic heterocycles. The normalized spacial score (nSPS) is 25.8. The molecule has 1 aromatic carbocycles. The first-order valence-electron chi connectivity index (χ1n) is 10.1. The number of aliphatic hydroxyl groups excluding tert-OH is 1. The van der Waals surface area contributed by atoms with Crippen molar-refractivity contribution in [1.82, 2.24) is 40.6 Å². The first-order valence-corrected chi connectivity index (χ1v) is 10.1. The molecule has 1 aliphatic carbocycles. The minimum Gasteiger partial charge on any atom is -0.481 e. The summed E-state index contributed by atoms with van der Waals surface area (Å²) in [7, 11) is 0. The summed E-state index contributed by atoms with van der Waals surface area (Å²) in [6.07, 6.45) is 2.49. The van der Waals surface area contributed by atoms with Gasteiger partial charge in [0.2, 0.25) is 5.82 Å². The lowest BCUT2D eigenvalue weighted by molar-refractivity contribution is -0.134. The van der Waals surface area contributed by atoms with E-state index in [-0.39, 0.29) is 29.0 Å². The molecule has 3 heterocycles. The summed E-state index contributed by atoms with van der Waals surface area (Å²) in [4.78, 5) is 25.7. The van der Waals surface area contributed by atoms with Crippen LogP contribution in [0.4, 0.5) is 0 Å². The van der Waals surface area contributed by atoms with Crippen LogP contribution in [0.2, 0.25) is 0 Å². The molecule has 168 valence electrons. The third-order valence-corrected chi connectivity index (χ3v) is 5.93. The molecule has 2 fully saturated rings. The summed E-state index contributed by atoms with van der Waals surface area (Å²) in [5, 5.41) is 38.3. The molecule has 1 saturated heterocycles. The molecule has 1 saturated carbocycles. The zero-order valence-electron chi connectivity index (χ0n) is 17.3. The maximum atomic E-state index is 12.5. The Kier molecular flexibility index (Phi) is 5.97. The van der Waals surface area contributed by atoms with Crippen molar-refractivity contribution in [3.05, 3.63) is 54.4 Å². The molecule has 5 N–H and O–H groups in total. The molecule has 1 aliphatic heterocycles. The maximum Gasteiger partial charge on any atom is 0.300 e. The van der Waals surface area contributed by atoms with E-state index in [2.05, 4.69) is 48.1 Å². The van der Waals surface area contributed by atoms with E-state index in [4.69, 9.17) is 9.90 Å². The molecular formula is C20H24N8O4. The maximum absolute atomic E-state index is 12.5. The number of benzene rings is 1. The Morgan fingerprint density at radius 3 is 2.56 bits per heavy atom. The summed E-state index contributed by atoms with van der Waals surface area (Å²) in [5.41, 5.74) is 0.961. The summed E-state index contributed by atoms with van der Waals surface area (Å²) in [5.74, 6) is -0.373. The van der Waals surface area contributed by atoms with Gasteiger partial charge in [-0.15, -0.1) is 15.3 Å². The van der Waals surface area contributed by atoms with Crippen molar-refractivity contribution in [3.8, 4) is 5.95 Å². The molecule has 32 heavy (non-hydrogen) atoms. The first-order chi connectivity index (χ1) is 15.4. The van der Waals surface area contributed by atoms with Crippen molar-refractivity contribution >= 4 is 11.9 Å². The number of aromatic nitrogens is 6. The lowest BCUT2D eigenvalue weighted by atomic mass is 9.95. The number of hydrogen-bond acceptors (Lipinski definition) is 8. The molecule has 12 heteroatoms. The molecule has 1 spiro atoms. The van der Waals surface area contributed by atoms with E-state index in [0.717, 1.165) is 13.5 Å². The number of hydrogen-bond donors (Lipinski definition) is 5. The summed E-state index contributed by atoms with van der Waals surface area (Å²) < 4.78 is 1.51. The van der Waals surface area contributed by atoms with E-state index in [9.17, 15) is 9.90 Å². The van der Waals surface area contributed by atoms with Crippen LogP contribution in [0, 0.1) is 11.3 Å². The number of β-amino-alcohol motifs (C(OH)–C–C–N with tert-alkyl or cyclic N) is 1. The van der Waals surface area contributed by atoms with Gasteiger partial charge in [-0.1, -0.05) is 30.3 Å². The van der Waals surface area contributed by atoms with Crippen molar-refractivity contribution < 1.29 is 19.8 Å². The second-order valence-corrected chi connectivity index (χ2v) is 7.84. The largest absolute Gasteiger partial charge is 0.481 e. The van der Waals surface area contributed by atoms with Gasteiger partial charge in [-0.25, -0.2) is 0 Å². The van der Waals surface area contributed by atoms with Crippen LogP contribution in [-0.2, 0) is 4.79 Å². The van der Waals surface area contributed by atoms with Crippen molar-refractivity contribution in [2.45, 2.75) is 18.9 Å². The van der Waals surface area contributed by atoms with Crippen LogP contribution in [0.25, 0.3) is 5.95 Å². The minimum atomic E-state index is -0.833. The summed E-state index contributed by atoms with van der Waals surface area (Å²) in [6, 6.07) is 10.2. The highest BCUT2D eigenvalue weighted by Gasteiger charge is 2.69. The average Bonchev–Trinajstić information content (AvgIpc) is 3.28. The number of carbonyl (C=O) groups excluding carboxylic acids is 1. The lowest BCUT2D eigenvalue weighted by Crippen LogP contribution is -2.30. The van der Waals surface area contributed by atoms with Crippen LogP contribution in [0.3, 0.4) is 0 Å². The fourth-order valence-corrected chi connectivity index (χ4v) is 4.54. The first kappa shape index (κ1) is 21.6. The second-order valence-electron chi connectivity index (χ2n) is 7.84. The molecule has 2 aliphatic rings. The van der Waals surface area contributed by atoms with Crippen LogP contribution < -0.4 is 10.6 Å². The molecule has 0 unspecified atom stereocenters. The second kappa shape index (κ2) is 8.85. The number of carboxylic acids is 1. The Morgan fingerprint density at radius 2 is 1.94 bits per heavy atom. The number of nitrogens with zero attached hydrogens (tertiary/aromatic N) is 5. The highest BCUT2D eigenvalue weighted by atomic mass is 16.4. The van der Waals surface area contributed by atoms with Gasteiger partial charge in [0, 0.05) is 32.0 Å². The lowest BCUT2D eigenvalue weighted by Gasteiger charge is -2.14. The van der Waals surface area contributed by atoms with Crippen LogP contribution in [0.1, 0.15) is 29.0 Å². The molecule has 0 bridgehead atoms. The Bertz CT molecular complexity index is 1070. The van der Waals surface area contributed by atoms with Crippen LogP contribution >= 0.6 is 0 Å². The molecule has 0 radical (unpaired) electrons. The standard InChI is InChI=1S/C18H20N8O2.C2H4O2/c27-13-7-19-8-18(13)12(14(18)11-4-2-1-3-5-11)6-20-16(28)15-23-17(25-24-15)26-9-21-22-10-26;1-2(3)4/h1-5,9-10,12-14,19,27H,6-8H2,(H,20,28)(H,23,24,25);1H3,(H,3,4)/t12-,13-,14-,18-;/m0./s1. The van der Waals surface area contributed by atoms with Gasteiger partial charge >= 0.3 is 0 Å². The molecule has 5 rings (SSSR count). The molecule has 12 nitrogen and oxygen atoms in total. The van der Waals surface area contributed by atoms with E-state index in [1.165, 1.54) is 22.8 Å². The zero-order chi connectivity index (χ0) is 22.7. The Balaban J connectivity index is 0.000000567. The van der Waals surface area contributed by atoms with Gasteiger partial charge in [-0.3, -0.25) is 19.3 Å². The highest BCUT2D eigenvalue weighted by molar-refractivity contribution is 5.90. The van der Waals surface area contributed by atoms with Crippen molar-refractivity contribution in [3.63, 3.8) is 0 Å². The third-order valence-electron chi connectivity index (χ3n) is 5.93. The number of carbonyl (C=O) groups is 2. The van der Waals surface area contributed by atoms with Crippen LogP contribution in [-0.4, -0.2) is 77.8 Å². The average molecular weight is 440 g/mol. The predicted octanol–water partition coefficient (Wildman–Crippen LogP) is -0.430. The van der Waals surface area contributed by atoms with Gasteiger partial charge in [0.25, 0.3) is 17.8 Å². The number of H-pyrrole nitrogens is 1. The molecular weight excluding hydrogens is 416 g/mol. The number of carboxylic acid groups (broad SMARTS) is 1. The third kappa shape index (κ3) is 4.09. The van der Waals surface area contributed by atoms with Crippen molar-refractivity contribution in [2.75, 3.05) is 19.6 Å². The molecule has 1 amide bonds. The minimum absolute atomic E-state index is 0.125. The van der Waals surface area contributed by atoms with Crippen LogP contribution in [0.5, 0.6) is 0 Å². The van der Waals surface area contributed by atoms with Crippen LogP contribution in [0.15, 0.2) is 43.0 Å². The smallest absolute Gasteiger partial charge is 0.300 e. The van der Waals surface area contributed by atoms with Gasteiger partial charge in [0.05, 0.1) is 6.10 Å². The SMILES string of the molecule is CC(=O)O.O=C(NC[C@H]1[C@H](c2ccccc2)[C@@]12CNC[C@@H]2O)c1nc(-n2cnnc2)n[nH]1. The predicted molar refractivity (Wildman–Crippen MR) is 111 cm³/mol. The molecule has 4 atom stereocenters. The highest BCUT2D eigenvalue weighted by Crippen LogP contribution is 2.67. The number of rotatable bonds is 5. The van der Waals surface area contributed by atoms with Crippen molar-refractivity contribution in [2.24, 2.45) is 11.3 Å². The van der Waals surface area contributed by atoms with Crippen molar-refractivity contribution in [1.29, 1.82) is 0 Å². The Morgan fingerprint density at radius 1 is 1.25 bits per heavy atom. The number of aliphatic carboxylic acids is 1. The Labute approximate surface area is 183 Å². The molecule has 3 aromatic rings. The van der Waals surface area contributed by atoms with Gasteiger partial charge in [0.15, 0.2) is 0 Å². The monoisotopic (exact) mass is 440 g/mol. The topological polar surface area (TPSA) is 171 Å². The Hall–Kier alpha value is -3.64. The number of nitrogens with one attached hydrogen (secondary N) is 3. The van der Waals surface area contributed by atoms with Gasteiger partial charge in [-0.2, -0.15) is 4.98 Å². The number of amides is 1. The summed E-state index contributed by atoms with van der Waals surface area (Å²) >= 11 is 0. The fourth-order valence-electron chi connectivity index (χ4n) is 4.54. The quantitative estimate of drug-likeness (QED) is 0.353. The number of aliphatic hydroxyl groups is 1. The number of aromatic amines is 1. The van der Waals surface area contributed by atoms with E-state index >= 15 is 0 Å². The van der Waals surface area contributed by atoms with E-state index < -0.39 is 12.1 Å². The van der Waals surface area contributed by atoms with Gasteiger partial charge < -0.3 is 20.8 Å². The van der Waals surface area contributed by atoms with Gasteiger partial charge in [0.1, 0.15) is 12.7 Å². The summed E-state index contributed by atoms with van der Waals surface area (Å²) in [6.45, 7) is 2.87. The van der Waals surface area contributed by atoms with Gasteiger partial charge in [-0.05, 0) is 17.4 Å². The van der Waals surface area contributed by atoms with E-state index in [1.807, 2.05) is 18.2 Å².